The normalized spacial score (nSPS) is 13.8. The fraction of sp³-hybridized carbons (Fsp3) is 0.529. The average molecular weight is 362 g/mol. The lowest BCUT2D eigenvalue weighted by molar-refractivity contribution is -0.122. The minimum atomic E-state index is -0.507. The standard InChI is InChI=1S/C17H22N4O3S/c1-2-8-18-17(23)21-13(22)9-24-15-14-11-6-4-3-5-7-12(11)25-16(14)20-10-19-15/h10H,2-9H2,1H3,(H2,18,21,22,23). The summed E-state index contributed by atoms with van der Waals surface area (Å²) in [7, 11) is 0. The van der Waals surface area contributed by atoms with Gasteiger partial charge in [-0.3, -0.25) is 10.1 Å². The Morgan fingerprint density at radius 2 is 2.08 bits per heavy atom. The lowest BCUT2D eigenvalue weighted by atomic mass is 10.1. The number of rotatable bonds is 5. The number of nitrogens with zero attached hydrogens (tertiary/aromatic N) is 2. The highest BCUT2D eigenvalue weighted by atomic mass is 32.1. The SMILES string of the molecule is CCCNC(=O)NC(=O)COc1ncnc2sc3c(c12)CCCCC3. The summed E-state index contributed by atoms with van der Waals surface area (Å²) in [6.45, 7) is 2.21. The molecule has 2 N–H and O–H groups in total. The van der Waals surface area contributed by atoms with Crippen molar-refractivity contribution in [3.8, 4) is 5.88 Å². The predicted octanol–water partition coefficient (Wildman–Crippen LogP) is 2.57. The smallest absolute Gasteiger partial charge is 0.321 e. The molecule has 0 aromatic carbocycles. The second kappa shape index (κ2) is 8.24. The Morgan fingerprint density at radius 1 is 1.24 bits per heavy atom. The zero-order valence-electron chi connectivity index (χ0n) is 14.3. The van der Waals surface area contributed by atoms with Gasteiger partial charge in [-0.2, -0.15) is 0 Å². The first-order chi connectivity index (χ1) is 12.2. The number of aromatic nitrogens is 2. The molecule has 8 heteroatoms. The summed E-state index contributed by atoms with van der Waals surface area (Å²) in [5.74, 6) is -0.0739. The molecule has 3 amide bonds. The predicted molar refractivity (Wildman–Crippen MR) is 96.0 cm³/mol. The molecule has 1 aliphatic carbocycles. The Labute approximate surface area is 150 Å². The molecule has 0 fully saturated rings. The molecule has 0 unspecified atom stereocenters. The van der Waals surface area contributed by atoms with Crippen LogP contribution in [-0.2, 0) is 17.6 Å². The van der Waals surface area contributed by atoms with E-state index in [0.717, 1.165) is 35.9 Å². The Kier molecular flexibility index (Phi) is 5.80. The molecule has 0 aliphatic heterocycles. The highest BCUT2D eigenvalue weighted by Crippen LogP contribution is 2.38. The zero-order chi connectivity index (χ0) is 17.6. The van der Waals surface area contributed by atoms with E-state index in [9.17, 15) is 9.59 Å². The number of fused-ring (bicyclic) bond motifs is 3. The number of carbonyl (C=O) groups is 2. The minimum absolute atomic E-state index is 0.254. The summed E-state index contributed by atoms with van der Waals surface area (Å²) in [6, 6.07) is -0.507. The van der Waals surface area contributed by atoms with Crippen LogP contribution in [-0.4, -0.2) is 35.1 Å². The topological polar surface area (TPSA) is 93.2 Å². The average Bonchev–Trinajstić information content (AvgIpc) is 2.80. The van der Waals surface area contributed by atoms with Crippen LogP contribution in [0, 0.1) is 0 Å². The van der Waals surface area contributed by atoms with E-state index in [-0.39, 0.29) is 6.61 Å². The van der Waals surface area contributed by atoms with E-state index in [0.29, 0.717) is 12.4 Å². The number of urea groups is 1. The van der Waals surface area contributed by atoms with Gasteiger partial charge in [-0.25, -0.2) is 14.8 Å². The van der Waals surface area contributed by atoms with Crippen LogP contribution in [0.4, 0.5) is 4.79 Å². The van der Waals surface area contributed by atoms with Gasteiger partial charge in [0.05, 0.1) is 5.39 Å². The Bertz CT molecular complexity index is 775. The van der Waals surface area contributed by atoms with Gasteiger partial charge in [0.2, 0.25) is 5.88 Å². The van der Waals surface area contributed by atoms with E-state index in [1.54, 1.807) is 11.3 Å². The summed E-state index contributed by atoms with van der Waals surface area (Å²) >= 11 is 1.69. The number of hydrogen-bond donors (Lipinski definition) is 2. The number of imide groups is 1. The van der Waals surface area contributed by atoms with Crippen LogP contribution in [0.3, 0.4) is 0 Å². The molecule has 0 saturated carbocycles. The van der Waals surface area contributed by atoms with Crippen molar-refractivity contribution in [2.75, 3.05) is 13.2 Å². The number of thiophene rings is 1. The molecular formula is C17H22N4O3S. The van der Waals surface area contributed by atoms with E-state index in [4.69, 9.17) is 4.74 Å². The van der Waals surface area contributed by atoms with Gasteiger partial charge in [-0.15, -0.1) is 11.3 Å². The largest absolute Gasteiger partial charge is 0.467 e. The molecule has 2 aromatic rings. The first kappa shape index (κ1) is 17.6. The van der Waals surface area contributed by atoms with Crippen LogP contribution in [0.15, 0.2) is 6.33 Å². The number of amides is 3. The van der Waals surface area contributed by atoms with Gasteiger partial charge in [0.15, 0.2) is 6.61 Å². The fourth-order valence-corrected chi connectivity index (χ4v) is 4.15. The second-order valence-electron chi connectivity index (χ2n) is 6.02. The van der Waals surface area contributed by atoms with E-state index < -0.39 is 11.9 Å². The molecule has 0 atom stereocenters. The lowest BCUT2D eigenvalue weighted by Crippen LogP contribution is -2.41. The Hall–Kier alpha value is -2.22. The molecule has 2 heterocycles. The van der Waals surface area contributed by atoms with Crippen LogP contribution < -0.4 is 15.4 Å². The number of aryl methyl sites for hydroxylation is 2. The van der Waals surface area contributed by atoms with Crippen molar-refractivity contribution >= 4 is 33.5 Å². The molecule has 2 aromatic heterocycles. The summed E-state index contributed by atoms with van der Waals surface area (Å²) in [6.07, 6.45) is 7.88. The monoisotopic (exact) mass is 362 g/mol. The van der Waals surface area contributed by atoms with Crippen molar-refractivity contribution in [2.24, 2.45) is 0 Å². The zero-order valence-corrected chi connectivity index (χ0v) is 15.1. The summed E-state index contributed by atoms with van der Waals surface area (Å²) < 4.78 is 5.62. The third-order valence-electron chi connectivity index (χ3n) is 4.10. The van der Waals surface area contributed by atoms with Gasteiger partial charge in [0, 0.05) is 11.4 Å². The molecule has 0 radical (unpaired) electrons. The molecule has 0 bridgehead atoms. The minimum Gasteiger partial charge on any atom is -0.467 e. The maximum atomic E-state index is 11.9. The van der Waals surface area contributed by atoms with Gasteiger partial charge in [0.1, 0.15) is 11.2 Å². The molecule has 3 rings (SSSR count). The highest BCUT2D eigenvalue weighted by Gasteiger charge is 2.20. The van der Waals surface area contributed by atoms with E-state index in [2.05, 4.69) is 20.6 Å². The Balaban J connectivity index is 1.70. The second-order valence-corrected chi connectivity index (χ2v) is 7.10. The van der Waals surface area contributed by atoms with Crippen LogP contribution in [0.5, 0.6) is 5.88 Å². The van der Waals surface area contributed by atoms with Crippen LogP contribution >= 0.6 is 11.3 Å². The molecule has 0 saturated heterocycles. The van der Waals surface area contributed by atoms with Crippen molar-refractivity contribution in [3.05, 3.63) is 16.8 Å². The lowest BCUT2D eigenvalue weighted by Gasteiger charge is -2.08. The van der Waals surface area contributed by atoms with Crippen molar-refractivity contribution in [2.45, 2.75) is 45.4 Å². The molecule has 1 aliphatic rings. The van der Waals surface area contributed by atoms with Gasteiger partial charge in [0.25, 0.3) is 5.91 Å². The maximum absolute atomic E-state index is 11.9. The number of carbonyl (C=O) groups excluding carboxylic acids is 2. The van der Waals surface area contributed by atoms with Crippen molar-refractivity contribution in [3.63, 3.8) is 0 Å². The third kappa shape index (κ3) is 4.25. The third-order valence-corrected chi connectivity index (χ3v) is 5.29. The van der Waals surface area contributed by atoms with Gasteiger partial charge in [-0.05, 0) is 37.7 Å². The van der Waals surface area contributed by atoms with E-state index >= 15 is 0 Å². The highest BCUT2D eigenvalue weighted by molar-refractivity contribution is 7.18. The van der Waals surface area contributed by atoms with E-state index in [1.807, 2.05) is 6.92 Å². The van der Waals surface area contributed by atoms with Gasteiger partial charge >= 0.3 is 6.03 Å². The van der Waals surface area contributed by atoms with Crippen molar-refractivity contribution < 1.29 is 14.3 Å². The summed E-state index contributed by atoms with van der Waals surface area (Å²) in [5, 5.41) is 5.75. The first-order valence-corrected chi connectivity index (χ1v) is 9.46. The quantitative estimate of drug-likeness (QED) is 0.798. The van der Waals surface area contributed by atoms with Crippen LogP contribution in [0.1, 0.15) is 43.0 Å². The number of ether oxygens (including phenoxy) is 1. The molecule has 7 nitrogen and oxygen atoms in total. The van der Waals surface area contributed by atoms with Crippen LogP contribution in [0.25, 0.3) is 10.2 Å². The molecule has 134 valence electrons. The fourth-order valence-electron chi connectivity index (χ4n) is 2.93. The van der Waals surface area contributed by atoms with Crippen molar-refractivity contribution in [1.29, 1.82) is 0 Å². The maximum Gasteiger partial charge on any atom is 0.321 e. The number of hydrogen-bond acceptors (Lipinski definition) is 6. The first-order valence-electron chi connectivity index (χ1n) is 8.64. The van der Waals surface area contributed by atoms with Gasteiger partial charge < -0.3 is 10.1 Å². The summed E-state index contributed by atoms with van der Waals surface area (Å²) in [4.78, 5) is 34.2. The number of nitrogens with one attached hydrogen (secondary N) is 2. The summed E-state index contributed by atoms with van der Waals surface area (Å²) in [5.41, 5.74) is 1.26. The van der Waals surface area contributed by atoms with Gasteiger partial charge in [-0.1, -0.05) is 13.3 Å². The van der Waals surface area contributed by atoms with Crippen LogP contribution in [0.2, 0.25) is 0 Å². The van der Waals surface area contributed by atoms with E-state index in [1.165, 1.54) is 29.6 Å². The molecular weight excluding hydrogens is 340 g/mol. The Morgan fingerprint density at radius 3 is 2.92 bits per heavy atom. The molecule has 25 heavy (non-hydrogen) atoms. The van der Waals surface area contributed by atoms with Crippen molar-refractivity contribution in [1.82, 2.24) is 20.6 Å². The molecule has 0 spiro atoms.